The normalized spacial score (nSPS) is 19.5. The molecular weight excluding hydrogens is 374 g/mol. The highest BCUT2D eigenvalue weighted by Crippen LogP contribution is 2.19. The van der Waals surface area contributed by atoms with Gasteiger partial charge in [0.2, 0.25) is 5.91 Å². The van der Waals surface area contributed by atoms with Crippen LogP contribution < -0.4 is 15.8 Å². The second kappa shape index (κ2) is 7.63. The monoisotopic (exact) mass is 397 g/mol. The minimum Gasteiger partial charge on any atom is -0.372 e. The lowest BCUT2D eigenvalue weighted by Crippen LogP contribution is -2.45. The lowest BCUT2D eigenvalue weighted by atomic mass is 10.2. The van der Waals surface area contributed by atoms with Gasteiger partial charge in [0.1, 0.15) is 24.1 Å². The third-order valence-corrected chi connectivity index (χ3v) is 4.81. The summed E-state index contributed by atoms with van der Waals surface area (Å²) < 4.78 is 8.52. The number of rotatable bonds is 4. The highest BCUT2D eigenvalue weighted by molar-refractivity contribution is 5.90. The molecule has 3 aromatic rings. The smallest absolute Gasteiger partial charge is 0.264 e. The third-order valence-electron chi connectivity index (χ3n) is 4.81. The SMILES string of the molecule is CC1CN(c2ccc(NC(=O)Cn3cnc4c(cnn4C)c3=O)cn2)CC(C)O1. The van der Waals surface area contributed by atoms with E-state index < -0.39 is 0 Å². The highest BCUT2D eigenvalue weighted by Gasteiger charge is 2.23. The summed E-state index contributed by atoms with van der Waals surface area (Å²) in [6.07, 6.45) is 4.71. The number of morpholine rings is 1. The van der Waals surface area contributed by atoms with Crippen molar-refractivity contribution < 1.29 is 9.53 Å². The fraction of sp³-hybridized carbons (Fsp3) is 0.421. The summed E-state index contributed by atoms with van der Waals surface area (Å²) >= 11 is 0. The Labute approximate surface area is 167 Å². The molecule has 1 aliphatic rings. The van der Waals surface area contributed by atoms with Crippen LogP contribution in [-0.4, -0.2) is 55.5 Å². The van der Waals surface area contributed by atoms with Gasteiger partial charge in [-0.1, -0.05) is 0 Å². The molecule has 0 aliphatic carbocycles. The van der Waals surface area contributed by atoms with Crippen molar-refractivity contribution in [2.45, 2.75) is 32.6 Å². The first-order chi connectivity index (χ1) is 13.9. The van der Waals surface area contributed by atoms with E-state index in [4.69, 9.17) is 4.74 Å². The number of hydrogen-bond donors (Lipinski definition) is 1. The van der Waals surface area contributed by atoms with Gasteiger partial charge in [-0.3, -0.25) is 18.8 Å². The molecule has 29 heavy (non-hydrogen) atoms. The number of nitrogens with one attached hydrogen (secondary N) is 1. The van der Waals surface area contributed by atoms with Gasteiger partial charge in [0.05, 0.1) is 30.3 Å². The number of pyridine rings is 1. The molecule has 2 unspecified atom stereocenters. The van der Waals surface area contributed by atoms with Gasteiger partial charge in [0.25, 0.3) is 5.56 Å². The lowest BCUT2D eigenvalue weighted by Gasteiger charge is -2.36. The fourth-order valence-corrected chi connectivity index (χ4v) is 3.55. The fourth-order valence-electron chi connectivity index (χ4n) is 3.55. The van der Waals surface area contributed by atoms with Crippen molar-refractivity contribution in [3.8, 4) is 0 Å². The largest absolute Gasteiger partial charge is 0.372 e. The van der Waals surface area contributed by atoms with E-state index in [0.717, 1.165) is 18.9 Å². The Bertz CT molecular complexity index is 1080. The highest BCUT2D eigenvalue weighted by atomic mass is 16.5. The Hall–Kier alpha value is -3.27. The van der Waals surface area contributed by atoms with Crippen LogP contribution in [0.15, 0.2) is 35.6 Å². The van der Waals surface area contributed by atoms with Crippen molar-refractivity contribution in [1.29, 1.82) is 0 Å². The van der Waals surface area contributed by atoms with Crippen molar-refractivity contribution in [3.05, 3.63) is 41.2 Å². The van der Waals surface area contributed by atoms with Crippen LogP contribution >= 0.6 is 0 Å². The third kappa shape index (κ3) is 3.97. The molecule has 2 atom stereocenters. The van der Waals surface area contributed by atoms with E-state index in [1.54, 1.807) is 19.3 Å². The van der Waals surface area contributed by atoms with Crippen molar-refractivity contribution in [2.75, 3.05) is 23.3 Å². The summed E-state index contributed by atoms with van der Waals surface area (Å²) in [4.78, 5) is 35.7. The van der Waals surface area contributed by atoms with Crippen LogP contribution in [-0.2, 0) is 23.1 Å². The first kappa shape index (κ1) is 19.1. The molecule has 1 N–H and O–H groups in total. The number of carbonyl (C=O) groups is 1. The molecule has 1 amide bonds. The molecule has 3 aromatic heterocycles. The second-order valence-corrected chi connectivity index (χ2v) is 7.30. The molecule has 1 aliphatic heterocycles. The zero-order chi connectivity index (χ0) is 20.5. The summed E-state index contributed by atoms with van der Waals surface area (Å²) in [5.74, 6) is 0.507. The standard InChI is InChI=1S/C19H23N7O3/c1-12-8-25(9-13(2)29-12)16-5-4-14(6-20-16)23-17(27)10-26-11-21-18-15(19(26)28)7-22-24(18)3/h4-7,11-13H,8-10H2,1-3H3,(H,23,27). The van der Waals surface area contributed by atoms with Crippen LogP contribution in [0, 0.1) is 0 Å². The minimum atomic E-state index is -0.333. The molecule has 0 spiro atoms. The number of hydrogen-bond acceptors (Lipinski definition) is 7. The van der Waals surface area contributed by atoms with Crippen LogP contribution in [0.5, 0.6) is 0 Å². The van der Waals surface area contributed by atoms with E-state index in [2.05, 4.69) is 25.3 Å². The van der Waals surface area contributed by atoms with Crippen molar-refractivity contribution in [3.63, 3.8) is 0 Å². The summed E-state index contributed by atoms with van der Waals surface area (Å²) in [5.41, 5.74) is 0.747. The quantitative estimate of drug-likeness (QED) is 0.693. The van der Waals surface area contributed by atoms with Gasteiger partial charge in [0, 0.05) is 20.1 Å². The van der Waals surface area contributed by atoms with Crippen LogP contribution in [0.2, 0.25) is 0 Å². The van der Waals surface area contributed by atoms with Crippen molar-refractivity contribution in [1.82, 2.24) is 24.3 Å². The van der Waals surface area contributed by atoms with E-state index in [1.807, 2.05) is 19.9 Å². The van der Waals surface area contributed by atoms with E-state index in [-0.39, 0.29) is 30.2 Å². The van der Waals surface area contributed by atoms with Gasteiger partial charge in [-0.2, -0.15) is 5.10 Å². The molecule has 4 rings (SSSR count). The zero-order valence-corrected chi connectivity index (χ0v) is 16.6. The Kier molecular flexibility index (Phi) is 5.01. The van der Waals surface area contributed by atoms with Crippen LogP contribution in [0.4, 0.5) is 11.5 Å². The molecule has 10 heteroatoms. The minimum absolute atomic E-state index is 0.142. The van der Waals surface area contributed by atoms with Gasteiger partial charge in [0.15, 0.2) is 5.65 Å². The number of nitrogens with zero attached hydrogens (tertiary/aromatic N) is 6. The number of amides is 1. The average Bonchev–Trinajstić information content (AvgIpc) is 3.05. The van der Waals surface area contributed by atoms with Gasteiger partial charge >= 0.3 is 0 Å². The molecule has 152 valence electrons. The van der Waals surface area contributed by atoms with E-state index in [9.17, 15) is 9.59 Å². The number of carbonyl (C=O) groups excluding carboxylic acids is 1. The molecule has 0 saturated carbocycles. The topological polar surface area (TPSA) is 107 Å². The number of aryl methyl sites for hydroxylation is 1. The Balaban J connectivity index is 1.42. The predicted molar refractivity (Wildman–Crippen MR) is 108 cm³/mol. The predicted octanol–water partition coefficient (Wildman–Crippen LogP) is 0.777. The van der Waals surface area contributed by atoms with Gasteiger partial charge in [-0.25, -0.2) is 9.97 Å². The maximum absolute atomic E-state index is 12.5. The Morgan fingerprint density at radius 2 is 1.97 bits per heavy atom. The summed E-state index contributed by atoms with van der Waals surface area (Å²) in [5, 5.41) is 7.16. The Morgan fingerprint density at radius 1 is 1.21 bits per heavy atom. The zero-order valence-electron chi connectivity index (χ0n) is 16.6. The van der Waals surface area contributed by atoms with Crippen LogP contribution in [0.1, 0.15) is 13.8 Å². The van der Waals surface area contributed by atoms with E-state index >= 15 is 0 Å². The average molecular weight is 397 g/mol. The number of aromatic nitrogens is 5. The second-order valence-electron chi connectivity index (χ2n) is 7.30. The Morgan fingerprint density at radius 3 is 2.66 bits per heavy atom. The summed E-state index contributed by atoms with van der Waals surface area (Å²) in [7, 11) is 1.71. The van der Waals surface area contributed by atoms with Gasteiger partial charge in [-0.15, -0.1) is 0 Å². The number of anilines is 2. The van der Waals surface area contributed by atoms with Crippen molar-refractivity contribution >= 4 is 28.4 Å². The van der Waals surface area contributed by atoms with Gasteiger partial charge < -0.3 is 15.0 Å². The van der Waals surface area contributed by atoms with Crippen molar-refractivity contribution in [2.24, 2.45) is 7.05 Å². The molecular formula is C19H23N7O3. The first-order valence-corrected chi connectivity index (χ1v) is 9.44. The molecule has 0 radical (unpaired) electrons. The molecule has 0 bridgehead atoms. The van der Waals surface area contributed by atoms with Gasteiger partial charge in [-0.05, 0) is 26.0 Å². The first-order valence-electron chi connectivity index (χ1n) is 9.44. The van der Waals surface area contributed by atoms with Crippen LogP contribution in [0.3, 0.4) is 0 Å². The molecule has 1 fully saturated rings. The van der Waals surface area contributed by atoms with E-state index in [1.165, 1.54) is 21.8 Å². The maximum atomic E-state index is 12.5. The molecule has 10 nitrogen and oxygen atoms in total. The van der Waals surface area contributed by atoms with E-state index in [0.29, 0.717) is 16.7 Å². The van der Waals surface area contributed by atoms with Crippen LogP contribution in [0.25, 0.3) is 11.0 Å². The molecule has 1 saturated heterocycles. The lowest BCUT2D eigenvalue weighted by molar-refractivity contribution is -0.116. The maximum Gasteiger partial charge on any atom is 0.264 e. The summed E-state index contributed by atoms with van der Waals surface area (Å²) in [6, 6.07) is 3.67. The molecule has 0 aromatic carbocycles. The molecule has 4 heterocycles. The number of fused-ring (bicyclic) bond motifs is 1. The number of ether oxygens (including phenoxy) is 1. The summed E-state index contributed by atoms with van der Waals surface area (Å²) in [6.45, 7) is 5.48.